The van der Waals surface area contributed by atoms with E-state index < -0.39 is 17.5 Å². The molecule has 19 heavy (non-hydrogen) atoms. The molecule has 0 saturated heterocycles. The quantitative estimate of drug-likeness (QED) is 0.695. The standard InChI is InChI=1S/C13H17F2NO3/c14-11-3-1-4-12(15)10(11)9-13(18)16-5-2-7-19-8-6-17/h1,3-4,17H,2,5-9H2,(H,16,18). The molecule has 1 rings (SSSR count). The average Bonchev–Trinajstić information content (AvgIpc) is 2.38. The highest BCUT2D eigenvalue weighted by molar-refractivity contribution is 5.78. The van der Waals surface area contributed by atoms with Gasteiger partial charge in [-0.2, -0.15) is 0 Å². The summed E-state index contributed by atoms with van der Waals surface area (Å²) in [4.78, 5) is 11.5. The van der Waals surface area contributed by atoms with Crippen molar-refractivity contribution in [3.05, 3.63) is 35.4 Å². The molecular formula is C13H17F2NO3. The largest absolute Gasteiger partial charge is 0.394 e. The molecule has 0 aliphatic carbocycles. The van der Waals surface area contributed by atoms with Gasteiger partial charge in [0, 0.05) is 18.7 Å². The van der Waals surface area contributed by atoms with E-state index in [9.17, 15) is 13.6 Å². The molecule has 1 aromatic rings. The lowest BCUT2D eigenvalue weighted by Crippen LogP contribution is -2.27. The van der Waals surface area contributed by atoms with Gasteiger partial charge in [0.25, 0.3) is 0 Å². The van der Waals surface area contributed by atoms with Crippen LogP contribution in [0.25, 0.3) is 0 Å². The lowest BCUT2D eigenvalue weighted by molar-refractivity contribution is -0.120. The Kier molecular flexibility index (Phi) is 6.99. The fourth-order valence-corrected chi connectivity index (χ4v) is 1.49. The van der Waals surface area contributed by atoms with Gasteiger partial charge in [0.1, 0.15) is 11.6 Å². The Balaban J connectivity index is 2.28. The second-order valence-electron chi connectivity index (χ2n) is 3.92. The lowest BCUT2D eigenvalue weighted by Gasteiger charge is -2.07. The van der Waals surface area contributed by atoms with Crippen LogP contribution >= 0.6 is 0 Å². The van der Waals surface area contributed by atoms with Gasteiger partial charge in [-0.05, 0) is 18.6 Å². The van der Waals surface area contributed by atoms with E-state index >= 15 is 0 Å². The molecule has 0 heterocycles. The number of rotatable bonds is 8. The summed E-state index contributed by atoms with van der Waals surface area (Å²) in [6.07, 6.45) is 0.251. The molecular weight excluding hydrogens is 256 g/mol. The van der Waals surface area contributed by atoms with Crippen molar-refractivity contribution in [1.29, 1.82) is 0 Å². The number of aliphatic hydroxyl groups is 1. The Morgan fingerprint density at radius 3 is 2.58 bits per heavy atom. The summed E-state index contributed by atoms with van der Waals surface area (Å²) in [6, 6.07) is 3.49. The summed E-state index contributed by atoms with van der Waals surface area (Å²) >= 11 is 0. The summed E-state index contributed by atoms with van der Waals surface area (Å²) in [5, 5.41) is 11.0. The number of hydrogen-bond donors (Lipinski definition) is 2. The third-order valence-corrected chi connectivity index (χ3v) is 2.42. The van der Waals surface area contributed by atoms with Crippen molar-refractivity contribution >= 4 is 5.91 Å². The molecule has 0 fully saturated rings. The van der Waals surface area contributed by atoms with E-state index in [4.69, 9.17) is 9.84 Å². The van der Waals surface area contributed by atoms with Crippen LogP contribution in [-0.4, -0.2) is 37.4 Å². The fourth-order valence-electron chi connectivity index (χ4n) is 1.49. The zero-order valence-corrected chi connectivity index (χ0v) is 10.5. The monoisotopic (exact) mass is 273 g/mol. The maximum Gasteiger partial charge on any atom is 0.224 e. The summed E-state index contributed by atoms with van der Waals surface area (Å²) in [5.41, 5.74) is -0.225. The number of halogens is 2. The van der Waals surface area contributed by atoms with E-state index in [1.54, 1.807) is 0 Å². The number of benzene rings is 1. The van der Waals surface area contributed by atoms with Crippen LogP contribution in [0.3, 0.4) is 0 Å². The van der Waals surface area contributed by atoms with Crippen LogP contribution in [0.15, 0.2) is 18.2 Å². The smallest absolute Gasteiger partial charge is 0.224 e. The van der Waals surface area contributed by atoms with Crippen molar-refractivity contribution in [2.24, 2.45) is 0 Å². The molecule has 0 aromatic heterocycles. The predicted molar refractivity (Wildman–Crippen MR) is 65.6 cm³/mol. The first kappa shape index (κ1) is 15.5. The van der Waals surface area contributed by atoms with Crippen molar-refractivity contribution in [2.45, 2.75) is 12.8 Å². The second-order valence-corrected chi connectivity index (χ2v) is 3.92. The van der Waals surface area contributed by atoms with Gasteiger partial charge in [0.15, 0.2) is 0 Å². The van der Waals surface area contributed by atoms with E-state index in [1.807, 2.05) is 0 Å². The summed E-state index contributed by atoms with van der Waals surface area (Å²) in [5.74, 6) is -1.88. The van der Waals surface area contributed by atoms with Gasteiger partial charge >= 0.3 is 0 Å². The zero-order chi connectivity index (χ0) is 14.1. The first-order valence-corrected chi connectivity index (χ1v) is 6.03. The maximum atomic E-state index is 13.3. The molecule has 0 aliphatic rings. The zero-order valence-electron chi connectivity index (χ0n) is 10.5. The molecule has 0 bridgehead atoms. The third-order valence-electron chi connectivity index (χ3n) is 2.42. The van der Waals surface area contributed by atoms with Crippen LogP contribution in [0.2, 0.25) is 0 Å². The van der Waals surface area contributed by atoms with Gasteiger partial charge in [-0.3, -0.25) is 4.79 Å². The molecule has 0 spiro atoms. The van der Waals surface area contributed by atoms with E-state index in [0.717, 1.165) is 12.1 Å². The normalized spacial score (nSPS) is 10.5. The highest BCUT2D eigenvalue weighted by Crippen LogP contribution is 2.12. The Hall–Kier alpha value is -1.53. The van der Waals surface area contributed by atoms with Crippen molar-refractivity contribution in [3.63, 3.8) is 0 Å². The molecule has 0 saturated carbocycles. The van der Waals surface area contributed by atoms with Crippen molar-refractivity contribution in [2.75, 3.05) is 26.4 Å². The van der Waals surface area contributed by atoms with Crippen LogP contribution in [0.5, 0.6) is 0 Å². The van der Waals surface area contributed by atoms with Crippen LogP contribution in [0.4, 0.5) is 8.78 Å². The number of carbonyl (C=O) groups is 1. The fraction of sp³-hybridized carbons (Fsp3) is 0.462. The van der Waals surface area contributed by atoms with E-state index in [-0.39, 0.29) is 25.2 Å². The van der Waals surface area contributed by atoms with Gasteiger partial charge in [-0.1, -0.05) is 6.07 Å². The number of amides is 1. The highest BCUT2D eigenvalue weighted by Gasteiger charge is 2.12. The Labute approximate surface area is 110 Å². The Morgan fingerprint density at radius 2 is 1.95 bits per heavy atom. The molecule has 4 nitrogen and oxygen atoms in total. The predicted octanol–water partition coefficient (Wildman–Crippen LogP) is 1.02. The number of aliphatic hydroxyl groups excluding tert-OH is 1. The minimum absolute atomic E-state index is 0.0427. The number of carbonyl (C=O) groups excluding carboxylic acids is 1. The van der Waals surface area contributed by atoms with E-state index in [2.05, 4.69) is 5.32 Å². The molecule has 2 N–H and O–H groups in total. The third kappa shape index (κ3) is 5.76. The number of hydrogen-bond acceptors (Lipinski definition) is 3. The van der Waals surface area contributed by atoms with Gasteiger partial charge in [0.05, 0.1) is 19.6 Å². The molecule has 1 aromatic carbocycles. The summed E-state index contributed by atoms with van der Waals surface area (Å²) in [6.45, 7) is 0.989. The maximum absolute atomic E-state index is 13.3. The molecule has 106 valence electrons. The Morgan fingerprint density at radius 1 is 1.26 bits per heavy atom. The number of ether oxygens (including phenoxy) is 1. The van der Waals surface area contributed by atoms with Crippen LogP contribution in [-0.2, 0) is 16.0 Å². The van der Waals surface area contributed by atoms with Crippen molar-refractivity contribution < 1.29 is 23.4 Å². The van der Waals surface area contributed by atoms with Gasteiger partial charge in [-0.25, -0.2) is 8.78 Å². The van der Waals surface area contributed by atoms with Crippen LogP contribution in [0.1, 0.15) is 12.0 Å². The summed E-state index contributed by atoms with van der Waals surface area (Å²) < 4.78 is 31.5. The lowest BCUT2D eigenvalue weighted by atomic mass is 10.1. The van der Waals surface area contributed by atoms with Crippen LogP contribution in [0, 0.1) is 11.6 Å². The van der Waals surface area contributed by atoms with E-state index in [0.29, 0.717) is 19.6 Å². The molecule has 6 heteroatoms. The van der Waals surface area contributed by atoms with Crippen molar-refractivity contribution in [3.8, 4) is 0 Å². The molecule has 0 radical (unpaired) electrons. The van der Waals surface area contributed by atoms with Gasteiger partial charge in [0.2, 0.25) is 5.91 Å². The number of nitrogens with one attached hydrogen (secondary N) is 1. The van der Waals surface area contributed by atoms with Crippen molar-refractivity contribution in [1.82, 2.24) is 5.32 Å². The van der Waals surface area contributed by atoms with E-state index in [1.165, 1.54) is 6.07 Å². The molecule has 0 atom stereocenters. The summed E-state index contributed by atoms with van der Waals surface area (Å²) in [7, 11) is 0. The molecule has 0 aliphatic heterocycles. The first-order valence-electron chi connectivity index (χ1n) is 6.03. The molecule has 0 unspecified atom stereocenters. The first-order chi connectivity index (χ1) is 9.15. The Bertz CT molecular complexity index is 393. The van der Waals surface area contributed by atoms with Crippen LogP contribution < -0.4 is 5.32 Å². The topological polar surface area (TPSA) is 58.6 Å². The van der Waals surface area contributed by atoms with Gasteiger partial charge in [-0.15, -0.1) is 0 Å². The average molecular weight is 273 g/mol. The molecule has 1 amide bonds. The minimum atomic E-state index is -0.721. The van der Waals surface area contributed by atoms with Gasteiger partial charge < -0.3 is 15.2 Å². The second kappa shape index (κ2) is 8.55. The highest BCUT2D eigenvalue weighted by atomic mass is 19.1. The minimum Gasteiger partial charge on any atom is -0.394 e. The SMILES string of the molecule is O=C(Cc1c(F)cccc1F)NCCCOCCO.